The number of benzene rings is 1. The molecule has 1 aliphatic rings. The summed E-state index contributed by atoms with van der Waals surface area (Å²) in [5.41, 5.74) is 7.07. The first-order valence-electron chi connectivity index (χ1n) is 6.35. The van der Waals surface area contributed by atoms with Crippen molar-refractivity contribution in [3.63, 3.8) is 0 Å². The Kier molecular flexibility index (Phi) is 3.67. The molecule has 1 aromatic rings. The Balaban J connectivity index is 2.06. The van der Waals surface area contributed by atoms with E-state index in [1.165, 1.54) is 6.42 Å². The SMILES string of the molecule is CCC1CCCN(C(=O)c2ccc(N)cc2)C1. The van der Waals surface area contributed by atoms with Crippen molar-refractivity contribution in [2.24, 2.45) is 5.92 Å². The molecule has 1 saturated heterocycles. The highest BCUT2D eigenvalue weighted by molar-refractivity contribution is 5.94. The van der Waals surface area contributed by atoms with Crippen molar-refractivity contribution < 1.29 is 4.79 Å². The quantitative estimate of drug-likeness (QED) is 0.796. The van der Waals surface area contributed by atoms with Gasteiger partial charge in [-0.25, -0.2) is 0 Å². The summed E-state index contributed by atoms with van der Waals surface area (Å²) < 4.78 is 0. The summed E-state index contributed by atoms with van der Waals surface area (Å²) in [6.07, 6.45) is 3.53. The molecule has 0 saturated carbocycles. The van der Waals surface area contributed by atoms with E-state index >= 15 is 0 Å². The van der Waals surface area contributed by atoms with E-state index in [1.54, 1.807) is 12.1 Å². The highest BCUT2D eigenvalue weighted by atomic mass is 16.2. The third-order valence-electron chi connectivity index (χ3n) is 3.54. The number of piperidine rings is 1. The molecular formula is C14H20N2O. The molecular weight excluding hydrogens is 212 g/mol. The fraction of sp³-hybridized carbons (Fsp3) is 0.500. The summed E-state index contributed by atoms with van der Waals surface area (Å²) in [5, 5.41) is 0. The second-order valence-corrected chi connectivity index (χ2v) is 4.79. The molecule has 1 aliphatic heterocycles. The van der Waals surface area contributed by atoms with Gasteiger partial charge < -0.3 is 10.6 Å². The molecule has 17 heavy (non-hydrogen) atoms. The smallest absolute Gasteiger partial charge is 0.253 e. The molecule has 3 nitrogen and oxygen atoms in total. The van der Waals surface area contributed by atoms with Gasteiger partial charge in [0.05, 0.1) is 0 Å². The number of nitrogens with zero attached hydrogens (tertiary/aromatic N) is 1. The van der Waals surface area contributed by atoms with Gasteiger partial charge in [-0.15, -0.1) is 0 Å². The summed E-state index contributed by atoms with van der Waals surface area (Å²) >= 11 is 0. The maximum atomic E-state index is 12.3. The maximum absolute atomic E-state index is 12.3. The van der Waals surface area contributed by atoms with Crippen LogP contribution in [0.5, 0.6) is 0 Å². The Hall–Kier alpha value is -1.51. The van der Waals surface area contributed by atoms with E-state index < -0.39 is 0 Å². The number of nitrogens with two attached hydrogens (primary N) is 1. The number of amides is 1. The van der Waals surface area contributed by atoms with Gasteiger partial charge in [0.2, 0.25) is 0 Å². The molecule has 0 spiro atoms. The maximum Gasteiger partial charge on any atom is 0.253 e. The highest BCUT2D eigenvalue weighted by Crippen LogP contribution is 2.21. The van der Waals surface area contributed by atoms with Crippen molar-refractivity contribution in [1.82, 2.24) is 4.90 Å². The van der Waals surface area contributed by atoms with Crippen molar-refractivity contribution in [3.8, 4) is 0 Å². The zero-order chi connectivity index (χ0) is 12.3. The molecule has 0 aromatic heterocycles. The average Bonchev–Trinajstić information content (AvgIpc) is 2.39. The van der Waals surface area contributed by atoms with Crippen molar-refractivity contribution in [3.05, 3.63) is 29.8 Å². The number of likely N-dealkylation sites (tertiary alicyclic amines) is 1. The lowest BCUT2D eigenvalue weighted by Crippen LogP contribution is -2.39. The molecule has 0 radical (unpaired) electrons. The molecule has 1 atom stereocenters. The Bertz CT molecular complexity index is 386. The van der Waals surface area contributed by atoms with Gasteiger partial charge in [-0.1, -0.05) is 13.3 Å². The molecule has 1 fully saturated rings. The summed E-state index contributed by atoms with van der Waals surface area (Å²) in [4.78, 5) is 14.2. The lowest BCUT2D eigenvalue weighted by Gasteiger charge is -2.32. The standard InChI is InChI=1S/C14H20N2O/c1-2-11-4-3-9-16(10-11)14(17)12-5-7-13(15)8-6-12/h5-8,11H,2-4,9-10,15H2,1H3. The van der Waals surface area contributed by atoms with Crippen LogP contribution in [-0.2, 0) is 0 Å². The molecule has 1 aromatic carbocycles. The van der Waals surface area contributed by atoms with Gasteiger partial charge in [-0.05, 0) is 43.0 Å². The zero-order valence-corrected chi connectivity index (χ0v) is 10.4. The molecule has 92 valence electrons. The van der Waals surface area contributed by atoms with Crippen LogP contribution in [0.2, 0.25) is 0 Å². The first-order valence-corrected chi connectivity index (χ1v) is 6.35. The van der Waals surface area contributed by atoms with Gasteiger partial charge in [-0.2, -0.15) is 0 Å². The van der Waals surface area contributed by atoms with Gasteiger partial charge in [0.15, 0.2) is 0 Å². The molecule has 0 bridgehead atoms. The third-order valence-corrected chi connectivity index (χ3v) is 3.54. The summed E-state index contributed by atoms with van der Waals surface area (Å²) in [7, 11) is 0. The summed E-state index contributed by atoms with van der Waals surface area (Å²) in [6, 6.07) is 7.20. The van der Waals surface area contributed by atoms with E-state index in [4.69, 9.17) is 5.73 Å². The van der Waals surface area contributed by atoms with Crippen LogP contribution in [0.1, 0.15) is 36.5 Å². The minimum atomic E-state index is 0.142. The van der Waals surface area contributed by atoms with E-state index in [2.05, 4.69) is 6.92 Å². The van der Waals surface area contributed by atoms with Crippen LogP contribution in [0.15, 0.2) is 24.3 Å². The van der Waals surface area contributed by atoms with Crippen molar-refractivity contribution in [2.45, 2.75) is 26.2 Å². The second kappa shape index (κ2) is 5.21. The Morgan fingerprint density at radius 3 is 2.76 bits per heavy atom. The van der Waals surface area contributed by atoms with Crippen LogP contribution in [0.3, 0.4) is 0 Å². The monoisotopic (exact) mass is 232 g/mol. The Morgan fingerprint density at radius 1 is 1.41 bits per heavy atom. The lowest BCUT2D eigenvalue weighted by molar-refractivity contribution is 0.0671. The minimum absolute atomic E-state index is 0.142. The number of hydrogen-bond acceptors (Lipinski definition) is 2. The third kappa shape index (κ3) is 2.78. The van der Waals surface area contributed by atoms with Crippen LogP contribution >= 0.6 is 0 Å². The number of carbonyl (C=O) groups excluding carboxylic acids is 1. The van der Waals surface area contributed by atoms with Gasteiger partial charge in [-0.3, -0.25) is 4.79 Å². The molecule has 1 unspecified atom stereocenters. The predicted molar refractivity (Wildman–Crippen MR) is 69.8 cm³/mol. The fourth-order valence-electron chi connectivity index (χ4n) is 2.39. The minimum Gasteiger partial charge on any atom is -0.399 e. The second-order valence-electron chi connectivity index (χ2n) is 4.79. The van der Waals surface area contributed by atoms with E-state index in [1.807, 2.05) is 17.0 Å². The van der Waals surface area contributed by atoms with E-state index in [0.717, 1.165) is 31.5 Å². The molecule has 2 rings (SSSR count). The van der Waals surface area contributed by atoms with Crippen LogP contribution in [0, 0.1) is 5.92 Å². The van der Waals surface area contributed by atoms with E-state index in [9.17, 15) is 4.79 Å². The van der Waals surface area contributed by atoms with Crippen molar-refractivity contribution in [2.75, 3.05) is 18.8 Å². The summed E-state index contributed by atoms with van der Waals surface area (Å²) in [5.74, 6) is 0.810. The topological polar surface area (TPSA) is 46.3 Å². The lowest BCUT2D eigenvalue weighted by atomic mass is 9.95. The van der Waals surface area contributed by atoms with Crippen LogP contribution in [0.4, 0.5) is 5.69 Å². The van der Waals surface area contributed by atoms with Crippen molar-refractivity contribution in [1.29, 1.82) is 0 Å². The Labute approximate surface area is 103 Å². The molecule has 1 amide bonds. The average molecular weight is 232 g/mol. The van der Waals surface area contributed by atoms with Gasteiger partial charge in [0.25, 0.3) is 5.91 Å². The number of carbonyl (C=O) groups is 1. The number of anilines is 1. The fourth-order valence-corrected chi connectivity index (χ4v) is 2.39. The van der Waals surface area contributed by atoms with E-state index in [-0.39, 0.29) is 5.91 Å². The Morgan fingerprint density at radius 2 is 2.12 bits per heavy atom. The first kappa shape index (κ1) is 12.0. The zero-order valence-electron chi connectivity index (χ0n) is 10.4. The molecule has 2 N–H and O–H groups in total. The largest absolute Gasteiger partial charge is 0.399 e. The van der Waals surface area contributed by atoms with Gasteiger partial charge in [0.1, 0.15) is 0 Å². The van der Waals surface area contributed by atoms with E-state index in [0.29, 0.717) is 11.6 Å². The summed E-state index contributed by atoms with van der Waals surface area (Å²) in [6.45, 7) is 3.99. The van der Waals surface area contributed by atoms with Gasteiger partial charge >= 0.3 is 0 Å². The molecule has 0 aliphatic carbocycles. The van der Waals surface area contributed by atoms with Crippen LogP contribution < -0.4 is 5.73 Å². The molecule has 3 heteroatoms. The van der Waals surface area contributed by atoms with Crippen molar-refractivity contribution >= 4 is 11.6 Å². The predicted octanol–water partition coefficient (Wildman–Crippen LogP) is 2.53. The number of rotatable bonds is 2. The first-order chi connectivity index (χ1) is 8.20. The molecule has 1 heterocycles. The number of hydrogen-bond donors (Lipinski definition) is 1. The van der Waals surface area contributed by atoms with Gasteiger partial charge in [0, 0.05) is 24.3 Å². The highest BCUT2D eigenvalue weighted by Gasteiger charge is 2.23. The number of nitrogen functional groups attached to an aromatic ring is 1. The normalized spacial score (nSPS) is 20.3. The van der Waals surface area contributed by atoms with Crippen LogP contribution in [-0.4, -0.2) is 23.9 Å². The van der Waals surface area contributed by atoms with Crippen LogP contribution in [0.25, 0.3) is 0 Å².